The van der Waals surface area contributed by atoms with Crippen LogP contribution in [0.25, 0.3) is 0 Å². The minimum Gasteiger partial charge on any atom is -0.503 e. The Hall–Kier alpha value is -1.45. The maximum Gasteiger partial charge on any atom is 0.258 e. The Bertz CT molecular complexity index is 223. The van der Waals surface area contributed by atoms with Crippen LogP contribution in [0.5, 0.6) is 17.5 Å². The van der Waals surface area contributed by atoms with Crippen molar-refractivity contribution in [1.29, 1.82) is 0 Å². The lowest BCUT2D eigenvalue weighted by atomic mass is 10.4. The van der Waals surface area contributed by atoms with Crippen molar-refractivity contribution in [3.8, 4) is 17.5 Å². The topological polar surface area (TPSA) is 73.6 Å². The SMILES string of the molecule is Oc1c[c]c(O)c(O)n1. The molecule has 0 amide bonds. The molecule has 9 heavy (non-hydrogen) atoms. The van der Waals surface area contributed by atoms with Crippen LogP contribution in [0.15, 0.2) is 6.07 Å². The van der Waals surface area contributed by atoms with E-state index in [-0.39, 0.29) is 5.88 Å². The van der Waals surface area contributed by atoms with Gasteiger partial charge in [-0.1, -0.05) is 0 Å². The van der Waals surface area contributed by atoms with Gasteiger partial charge in [0.25, 0.3) is 5.88 Å². The Kier molecular flexibility index (Phi) is 1.14. The molecule has 0 atom stereocenters. The van der Waals surface area contributed by atoms with Crippen LogP contribution in [0.3, 0.4) is 0 Å². The van der Waals surface area contributed by atoms with Gasteiger partial charge in [0.1, 0.15) is 0 Å². The van der Waals surface area contributed by atoms with Crippen LogP contribution in [0.4, 0.5) is 0 Å². The normalized spacial score (nSPS) is 9.33. The van der Waals surface area contributed by atoms with Crippen molar-refractivity contribution in [1.82, 2.24) is 4.98 Å². The predicted molar refractivity (Wildman–Crippen MR) is 28.1 cm³/mol. The van der Waals surface area contributed by atoms with Crippen molar-refractivity contribution in [2.75, 3.05) is 0 Å². The fourth-order valence-electron chi connectivity index (χ4n) is 0.391. The fraction of sp³-hybridized carbons (Fsp3) is 0. The molecule has 0 unspecified atom stereocenters. The lowest BCUT2D eigenvalue weighted by Crippen LogP contribution is -1.74. The molecular weight excluding hydrogens is 122 g/mol. The van der Waals surface area contributed by atoms with Crippen molar-refractivity contribution in [2.24, 2.45) is 0 Å². The predicted octanol–water partition coefficient (Wildman–Crippen LogP) is -0.00141. The Morgan fingerprint density at radius 2 is 2.00 bits per heavy atom. The molecule has 1 aromatic rings. The Morgan fingerprint density at radius 3 is 2.44 bits per heavy atom. The third kappa shape index (κ3) is 1.02. The number of nitrogens with zero attached hydrogens (tertiary/aromatic N) is 1. The van der Waals surface area contributed by atoms with E-state index in [4.69, 9.17) is 15.3 Å². The van der Waals surface area contributed by atoms with E-state index >= 15 is 0 Å². The highest BCUT2D eigenvalue weighted by atomic mass is 16.3. The van der Waals surface area contributed by atoms with Gasteiger partial charge in [0.2, 0.25) is 5.88 Å². The fourth-order valence-corrected chi connectivity index (χ4v) is 0.391. The van der Waals surface area contributed by atoms with E-state index in [9.17, 15) is 0 Å². The van der Waals surface area contributed by atoms with Crippen molar-refractivity contribution >= 4 is 0 Å². The Morgan fingerprint density at radius 1 is 1.33 bits per heavy atom. The summed E-state index contributed by atoms with van der Waals surface area (Å²) in [7, 11) is 0. The molecule has 4 heteroatoms. The minimum absolute atomic E-state index is 0.370. The van der Waals surface area contributed by atoms with Crippen LogP contribution >= 0.6 is 0 Å². The molecule has 0 fully saturated rings. The quantitative estimate of drug-likeness (QED) is 0.457. The molecule has 47 valence electrons. The van der Waals surface area contributed by atoms with Crippen LogP contribution in [0, 0.1) is 6.07 Å². The van der Waals surface area contributed by atoms with Gasteiger partial charge in [0.15, 0.2) is 5.75 Å². The molecule has 0 aliphatic rings. The molecule has 0 saturated carbocycles. The molecule has 1 aromatic heterocycles. The van der Waals surface area contributed by atoms with Gasteiger partial charge in [-0.05, 0) is 0 Å². The maximum absolute atomic E-state index is 8.56. The first kappa shape index (κ1) is 5.68. The number of rotatable bonds is 0. The van der Waals surface area contributed by atoms with Crippen molar-refractivity contribution in [3.05, 3.63) is 12.1 Å². The van der Waals surface area contributed by atoms with Crippen molar-refractivity contribution in [2.45, 2.75) is 0 Å². The third-order valence-corrected chi connectivity index (χ3v) is 0.770. The molecule has 1 radical (unpaired) electrons. The standard InChI is InChI=1S/C5H4NO3/c7-3-1-2-4(8)6-5(3)9/h2,7H,(H2,6,8,9). The summed E-state index contributed by atoms with van der Waals surface area (Å²) in [5.41, 5.74) is 0. The second-order valence-corrected chi connectivity index (χ2v) is 1.43. The molecule has 3 N–H and O–H groups in total. The molecule has 1 rings (SSSR count). The van der Waals surface area contributed by atoms with Crippen LogP contribution in [0.2, 0.25) is 0 Å². The number of hydrogen-bond acceptors (Lipinski definition) is 4. The Balaban J connectivity index is 3.17. The van der Waals surface area contributed by atoms with E-state index in [2.05, 4.69) is 11.1 Å². The van der Waals surface area contributed by atoms with E-state index in [0.29, 0.717) is 0 Å². The first-order valence-corrected chi connectivity index (χ1v) is 2.20. The highest BCUT2D eigenvalue weighted by Crippen LogP contribution is 2.22. The molecule has 0 bridgehead atoms. The molecular formula is C5H4NO3. The van der Waals surface area contributed by atoms with E-state index < -0.39 is 11.6 Å². The molecule has 0 spiro atoms. The molecule has 0 saturated heterocycles. The summed E-state index contributed by atoms with van der Waals surface area (Å²) in [5.74, 6) is -1.45. The van der Waals surface area contributed by atoms with E-state index in [0.717, 1.165) is 6.07 Å². The van der Waals surface area contributed by atoms with Gasteiger partial charge >= 0.3 is 0 Å². The van der Waals surface area contributed by atoms with Crippen LogP contribution in [-0.2, 0) is 0 Å². The molecule has 0 aliphatic carbocycles. The largest absolute Gasteiger partial charge is 0.503 e. The Labute approximate surface area is 51.0 Å². The molecule has 4 nitrogen and oxygen atoms in total. The number of aromatic nitrogens is 1. The van der Waals surface area contributed by atoms with Crippen molar-refractivity contribution in [3.63, 3.8) is 0 Å². The summed E-state index contributed by atoms with van der Waals surface area (Å²) in [6, 6.07) is 3.21. The smallest absolute Gasteiger partial charge is 0.258 e. The van der Waals surface area contributed by atoms with Gasteiger partial charge in [-0.25, -0.2) is 0 Å². The lowest BCUT2D eigenvalue weighted by Gasteiger charge is -1.93. The van der Waals surface area contributed by atoms with Gasteiger partial charge in [-0.15, -0.1) is 0 Å². The third-order valence-electron chi connectivity index (χ3n) is 0.770. The summed E-state index contributed by atoms with van der Waals surface area (Å²) >= 11 is 0. The number of pyridine rings is 1. The highest BCUT2D eigenvalue weighted by molar-refractivity contribution is 5.31. The average molecular weight is 126 g/mol. The van der Waals surface area contributed by atoms with Crippen LogP contribution < -0.4 is 0 Å². The summed E-state index contributed by atoms with van der Waals surface area (Å²) in [4.78, 5) is 3.10. The molecule has 0 aromatic carbocycles. The zero-order valence-electron chi connectivity index (χ0n) is 4.37. The van der Waals surface area contributed by atoms with E-state index in [1.165, 1.54) is 0 Å². The van der Waals surface area contributed by atoms with Gasteiger partial charge in [-0.3, -0.25) is 0 Å². The number of aromatic hydroxyl groups is 3. The molecule has 0 aliphatic heterocycles. The van der Waals surface area contributed by atoms with Crippen LogP contribution in [0.1, 0.15) is 0 Å². The zero-order valence-corrected chi connectivity index (χ0v) is 4.37. The van der Waals surface area contributed by atoms with Gasteiger partial charge < -0.3 is 15.3 Å². The average Bonchev–Trinajstić information content (AvgIpc) is 1.80. The summed E-state index contributed by atoms with van der Waals surface area (Å²) in [6.07, 6.45) is 0. The lowest BCUT2D eigenvalue weighted by molar-refractivity contribution is 0.371. The number of hydrogen-bond donors (Lipinski definition) is 3. The second kappa shape index (κ2) is 1.81. The monoisotopic (exact) mass is 126 g/mol. The van der Waals surface area contributed by atoms with Gasteiger partial charge in [0.05, 0.1) is 0 Å². The minimum atomic E-state index is -0.616. The highest BCUT2D eigenvalue weighted by Gasteiger charge is 1.99. The first-order chi connectivity index (χ1) is 4.20. The summed E-state index contributed by atoms with van der Waals surface area (Å²) in [6.45, 7) is 0. The molecule has 1 heterocycles. The maximum atomic E-state index is 8.56. The van der Waals surface area contributed by atoms with Gasteiger partial charge in [-0.2, -0.15) is 4.98 Å². The van der Waals surface area contributed by atoms with E-state index in [1.54, 1.807) is 0 Å². The van der Waals surface area contributed by atoms with E-state index in [1.807, 2.05) is 0 Å². The summed E-state index contributed by atoms with van der Waals surface area (Å²) in [5, 5.41) is 25.6. The second-order valence-electron chi connectivity index (χ2n) is 1.43. The summed E-state index contributed by atoms with van der Waals surface area (Å²) < 4.78 is 0. The zero-order chi connectivity index (χ0) is 6.85. The van der Waals surface area contributed by atoms with Gasteiger partial charge in [0, 0.05) is 12.1 Å². The first-order valence-electron chi connectivity index (χ1n) is 2.20. The van der Waals surface area contributed by atoms with Crippen LogP contribution in [-0.4, -0.2) is 20.3 Å². The van der Waals surface area contributed by atoms with Crippen molar-refractivity contribution < 1.29 is 15.3 Å².